The van der Waals surface area contributed by atoms with Gasteiger partial charge in [0, 0.05) is 19.8 Å². The third-order valence-corrected chi connectivity index (χ3v) is 3.88. The molecule has 8 nitrogen and oxygen atoms in total. The minimum atomic E-state index is -0.589. The third kappa shape index (κ3) is 9.18. The van der Waals surface area contributed by atoms with Crippen molar-refractivity contribution >= 4 is 35.8 Å². The normalized spacial score (nSPS) is 10.9. The van der Waals surface area contributed by atoms with E-state index in [0.717, 1.165) is 24.3 Å². The Bertz CT molecular complexity index is 762. The highest BCUT2D eigenvalue weighted by Gasteiger charge is 2.08. The molecule has 0 aliphatic carbocycles. The lowest BCUT2D eigenvalue weighted by molar-refractivity contribution is 0.0972. The van der Waals surface area contributed by atoms with Gasteiger partial charge < -0.3 is 30.3 Å². The first-order chi connectivity index (χ1) is 13.6. The van der Waals surface area contributed by atoms with Gasteiger partial charge in [-0.05, 0) is 43.2 Å². The molecule has 1 amide bonds. The number of ether oxygens (including phenoxy) is 2. The molecule has 1 aromatic heterocycles. The number of rotatable bonds is 11. The molecular formula is C20H29IN4O4. The molecule has 4 N–H and O–H groups in total. The molecule has 29 heavy (non-hydrogen) atoms. The predicted octanol–water partition coefficient (Wildman–Crippen LogP) is 2.67. The maximum Gasteiger partial charge on any atom is 0.284 e. The molecular weight excluding hydrogens is 487 g/mol. The zero-order valence-electron chi connectivity index (χ0n) is 16.8. The van der Waals surface area contributed by atoms with E-state index in [9.17, 15) is 4.79 Å². The Labute approximate surface area is 188 Å². The van der Waals surface area contributed by atoms with E-state index in [1.165, 1.54) is 0 Å². The zero-order chi connectivity index (χ0) is 20.2. The number of primary amides is 1. The number of nitrogens with zero attached hydrogens (tertiary/aromatic N) is 1. The highest BCUT2D eigenvalue weighted by molar-refractivity contribution is 14.0. The Morgan fingerprint density at radius 2 is 1.93 bits per heavy atom. The number of hydrogen-bond acceptors (Lipinski definition) is 5. The molecule has 0 aliphatic rings. The summed E-state index contributed by atoms with van der Waals surface area (Å²) in [4.78, 5) is 15.7. The molecule has 2 aromatic rings. The number of nitrogens with one attached hydrogen (secondary N) is 2. The number of methoxy groups -OCH3 is 1. The maximum atomic E-state index is 11.1. The molecule has 0 bridgehead atoms. The van der Waals surface area contributed by atoms with E-state index in [0.29, 0.717) is 38.0 Å². The SMILES string of the molecule is CCOCCCNC(=NCc1ccc(OC)cc1)NCc1ccc(C(N)=O)o1.I. The number of furan rings is 1. The van der Waals surface area contributed by atoms with Crippen molar-refractivity contribution in [2.24, 2.45) is 10.7 Å². The quantitative estimate of drug-likeness (QED) is 0.183. The van der Waals surface area contributed by atoms with Gasteiger partial charge in [-0.3, -0.25) is 4.79 Å². The molecule has 0 saturated heterocycles. The summed E-state index contributed by atoms with van der Waals surface area (Å²) in [6.45, 7) is 4.98. The molecule has 0 radical (unpaired) electrons. The van der Waals surface area contributed by atoms with Gasteiger partial charge in [-0.1, -0.05) is 12.1 Å². The Morgan fingerprint density at radius 1 is 1.17 bits per heavy atom. The van der Waals surface area contributed by atoms with Crippen LogP contribution in [0.3, 0.4) is 0 Å². The van der Waals surface area contributed by atoms with Gasteiger partial charge in [-0.2, -0.15) is 0 Å². The number of guanidine groups is 1. The molecule has 0 atom stereocenters. The van der Waals surface area contributed by atoms with Crippen LogP contribution in [0.4, 0.5) is 0 Å². The first kappa shape index (κ1) is 24.8. The molecule has 160 valence electrons. The zero-order valence-corrected chi connectivity index (χ0v) is 19.1. The van der Waals surface area contributed by atoms with Gasteiger partial charge in [0.25, 0.3) is 5.91 Å². The van der Waals surface area contributed by atoms with Crippen LogP contribution < -0.4 is 21.1 Å². The number of halogens is 1. The minimum Gasteiger partial charge on any atom is -0.497 e. The van der Waals surface area contributed by atoms with Crippen LogP contribution in [0.15, 0.2) is 45.8 Å². The van der Waals surface area contributed by atoms with Crippen molar-refractivity contribution in [3.05, 3.63) is 53.5 Å². The maximum absolute atomic E-state index is 11.1. The smallest absolute Gasteiger partial charge is 0.284 e. The number of aliphatic imine (C=N–C) groups is 1. The standard InChI is InChI=1S/C20H28N4O4.HI/c1-3-27-12-4-11-22-20(23-13-15-5-7-16(26-2)8-6-15)24-14-17-9-10-18(28-17)19(21)25;/h5-10H,3-4,11-14H2,1-2H3,(H2,21,25)(H2,22,23,24);1H. The third-order valence-electron chi connectivity index (χ3n) is 3.88. The summed E-state index contributed by atoms with van der Waals surface area (Å²) in [6, 6.07) is 11.0. The Kier molecular flexibility index (Phi) is 11.8. The van der Waals surface area contributed by atoms with E-state index in [2.05, 4.69) is 15.6 Å². The Balaban J connectivity index is 0.00000420. The molecule has 1 heterocycles. The van der Waals surface area contributed by atoms with Crippen LogP contribution in [0.25, 0.3) is 0 Å². The number of hydrogen-bond donors (Lipinski definition) is 3. The van der Waals surface area contributed by atoms with Gasteiger partial charge in [0.1, 0.15) is 11.5 Å². The van der Waals surface area contributed by atoms with E-state index < -0.39 is 5.91 Å². The molecule has 1 aromatic carbocycles. The van der Waals surface area contributed by atoms with Crippen molar-refractivity contribution in [2.75, 3.05) is 26.9 Å². The van der Waals surface area contributed by atoms with Crippen LogP contribution in [0.1, 0.15) is 35.2 Å². The number of carbonyl (C=O) groups excluding carboxylic acids is 1. The van der Waals surface area contributed by atoms with Crippen LogP contribution in [-0.2, 0) is 17.8 Å². The fraction of sp³-hybridized carbons (Fsp3) is 0.400. The predicted molar refractivity (Wildman–Crippen MR) is 123 cm³/mol. The van der Waals surface area contributed by atoms with Gasteiger partial charge in [0.2, 0.25) is 0 Å². The van der Waals surface area contributed by atoms with E-state index in [1.54, 1.807) is 19.2 Å². The van der Waals surface area contributed by atoms with E-state index in [1.807, 2.05) is 31.2 Å². The van der Waals surface area contributed by atoms with Gasteiger partial charge in [-0.15, -0.1) is 24.0 Å². The van der Waals surface area contributed by atoms with E-state index in [4.69, 9.17) is 19.6 Å². The summed E-state index contributed by atoms with van der Waals surface area (Å²) in [5, 5.41) is 6.47. The highest BCUT2D eigenvalue weighted by Crippen LogP contribution is 2.12. The van der Waals surface area contributed by atoms with Crippen LogP contribution >= 0.6 is 24.0 Å². The lowest BCUT2D eigenvalue weighted by atomic mass is 10.2. The van der Waals surface area contributed by atoms with Crippen LogP contribution in [0.2, 0.25) is 0 Å². The van der Waals surface area contributed by atoms with E-state index >= 15 is 0 Å². The Hall–Kier alpha value is -2.27. The van der Waals surface area contributed by atoms with Crippen molar-refractivity contribution in [1.82, 2.24) is 10.6 Å². The fourth-order valence-corrected chi connectivity index (χ4v) is 2.38. The fourth-order valence-electron chi connectivity index (χ4n) is 2.38. The van der Waals surface area contributed by atoms with Crippen molar-refractivity contribution in [3.63, 3.8) is 0 Å². The van der Waals surface area contributed by atoms with E-state index in [-0.39, 0.29) is 29.7 Å². The number of carbonyl (C=O) groups is 1. The molecule has 0 saturated carbocycles. The second-order valence-corrected chi connectivity index (χ2v) is 5.97. The first-order valence-corrected chi connectivity index (χ1v) is 9.23. The van der Waals surface area contributed by atoms with Crippen molar-refractivity contribution in [2.45, 2.75) is 26.4 Å². The minimum absolute atomic E-state index is 0. The van der Waals surface area contributed by atoms with Gasteiger partial charge in [-0.25, -0.2) is 4.99 Å². The highest BCUT2D eigenvalue weighted by atomic mass is 127. The van der Waals surface area contributed by atoms with Crippen molar-refractivity contribution in [1.29, 1.82) is 0 Å². The molecule has 0 fully saturated rings. The first-order valence-electron chi connectivity index (χ1n) is 9.23. The number of nitrogens with two attached hydrogens (primary N) is 1. The molecule has 9 heteroatoms. The number of benzene rings is 1. The monoisotopic (exact) mass is 516 g/mol. The number of amides is 1. The van der Waals surface area contributed by atoms with Gasteiger partial charge in [0.15, 0.2) is 11.7 Å². The van der Waals surface area contributed by atoms with Crippen molar-refractivity contribution in [3.8, 4) is 5.75 Å². The van der Waals surface area contributed by atoms with Crippen LogP contribution in [-0.4, -0.2) is 38.7 Å². The average molecular weight is 516 g/mol. The topological polar surface area (TPSA) is 111 Å². The van der Waals surface area contributed by atoms with Gasteiger partial charge >= 0.3 is 0 Å². The van der Waals surface area contributed by atoms with Crippen molar-refractivity contribution < 1.29 is 18.7 Å². The van der Waals surface area contributed by atoms with Crippen LogP contribution in [0, 0.1) is 0 Å². The molecule has 0 unspecified atom stereocenters. The second-order valence-electron chi connectivity index (χ2n) is 5.97. The Morgan fingerprint density at radius 3 is 2.55 bits per heavy atom. The van der Waals surface area contributed by atoms with Gasteiger partial charge in [0.05, 0.1) is 20.2 Å². The lowest BCUT2D eigenvalue weighted by Crippen LogP contribution is -2.37. The summed E-state index contributed by atoms with van der Waals surface area (Å²) >= 11 is 0. The summed E-state index contributed by atoms with van der Waals surface area (Å²) in [6.07, 6.45) is 0.865. The average Bonchev–Trinajstić information content (AvgIpc) is 3.19. The lowest BCUT2D eigenvalue weighted by Gasteiger charge is -2.12. The largest absolute Gasteiger partial charge is 0.497 e. The molecule has 2 rings (SSSR count). The molecule has 0 aliphatic heterocycles. The summed E-state index contributed by atoms with van der Waals surface area (Å²) < 4.78 is 15.9. The van der Waals surface area contributed by atoms with Crippen LogP contribution in [0.5, 0.6) is 5.75 Å². The summed E-state index contributed by atoms with van der Waals surface area (Å²) in [5.41, 5.74) is 6.27. The summed E-state index contributed by atoms with van der Waals surface area (Å²) in [5.74, 6) is 1.60. The second kappa shape index (κ2) is 13.8. The summed E-state index contributed by atoms with van der Waals surface area (Å²) in [7, 11) is 1.64. The molecule has 0 spiro atoms.